The topological polar surface area (TPSA) is 47.0 Å². The molecule has 2 bridgehead atoms. The van der Waals surface area contributed by atoms with Crippen molar-refractivity contribution in [3.63, 3.8) is 0 Å². The first-order chi connectivity index (χ1) is 10.6. The molecule has 2 saturated carbocycles. The van der Waals surface area contributed by atoms with Crippen LogP contribution in [0.3, 0.4) is 0 Å². The van der Waals surface area contributed by atoms with Gasteiger partial charge in [-0.1, -0.05) is 23.7 Å². The van der Waals surface area contributed by atoms with Crippen molar-refractivity contribution in [2.75, 3.05) is 0 Å². The number of hydrogen-bond acceptors (Lipinski definition) is 4. The van der Waals surface area contributed by atoms with E-state index in [-0.39, 0.29) is 23.4 Å². The summed E-state index contributed by atoms with van der Waals surface area (Å²) >= 11 is 7.37. The average molecular weight is 332 g/mol. The van der Waals surface area contributed by atoms with E-state index in [9.17, 15) is 9.59 Å². The maximum atomic E-state index is 12.5. The van der Waals surface area contributed by atoms with E-state index < -0.39 is 5.92 Å². The molecule has 0 amide bonds. The minimum Gasteiger partial charge on any atom is -0.298 e. The smallest absolute Gasteiger partial charge is 0.152 e. The van der Waals surface area contributed by atoms with Crippen LogP contribution in [0.2, 0.25) is 5.02 Å². The highest BCUT2D eigenvalue weighted by molar-refractivity contribution is 7.13. The van der Waals surface area contributed by atoms with Gasteiger partial charge in [-0.25, -0.2) is 4.98 Å². The largest absolute Gasteiger partial charge is 0.298 e. The number of halogens is 1. The number of thiazole rings is 1. The summed E-state index contributed by atoms with van der Waals surface area (Å²) in [6, 6.07) is 7.43. The van der Waals surface area contributed by atoms with E-state index in [0.29, 0.717) is 10.7 Å². The molecule has 2 atom stereocenters. The van der Waals surface area contributed by atoms with E-state index in [4.69, 9.17) is 11.6 Å². The molecule has 2 aliphatic rings. The van der Waals surface area contributed by atoms with E-state index in [0.717, 1.165) is 29.8 Å². The van der Waals surface area contributed by atoms with Gasteiger partial charge in [0.25, 0.3) is 0 Å². The van der Waals surface area contributed by atoms with Gasteiger partial charge in [-0.3, -0.25) is 9.59 Å². The minimum atomic E-state index is -0.636. The molecular weight excluding hydrogens is 318 g/mol. The fourth-order valence-corrected chi connectivity index (χ4v) is 4.52. The monoisotopic (exact) mass is 331 g/mol. The number of carbonyl (C=O) groups is 2. The molecule has 0 spiro atoms. The van der Waals surface area contributed by atoms with Crippen LogP contribution >= 0.6 is 22.9 Å². The van der Waals surface area contributed by atoms with Gasteiger partial charge >= 0.3 is 0 Å². The van der Waals surface area contributed by atoms with Crippen molar-refractivity contribution >= 4 is 34.5 Å². The molecule has 4 rings (SSSR count). The standard InChI is InChI=1S/C17H14ClNO2S/c18-12-5-3-9(4-6-12)17-19-13(8-22-17)14-15(20)10-1-2-11(7-10)16(14)21/h3-6,8,10-11,14H,1-2,7H2. The van der Waals surface area contributed by atoms with E-state index in [1.807, 2.05) is 29.6 Å². The highest BCUT2D eigenvalue weighted by atomic mass is 35.5. The Morgan fingerprint density at radius 3 is 2.32 bits per heavy atom. The third-order valence-corrected chi connectivity index (χ3v) is 5.88. The van der Waals surface area contributed by atoms with Crippen molar-refractivity contribution in [1.82, 2.24) is 4.98 Å². The summed E-state index contributed by atoms with van der Waals surface area (Å²) in [6.45, 7) is 0. The van der Waals surface area contributed by atoms with Crippen LogP contribution in [0.1, 0.15) is 30.9 Å². The third-order valence-electron chi connectivity index (χ3n) is 4.72. The molecule has 0 radical (unpaired) electrons. The van der Waals surface area contributed by atoms with Crippen LogP contribution in [0.15, 0.2) is 29.6 Å². The van der Waals surface area contributed by atoms with Crippen molar-refractivity contribution in [2.24, 2.45) is 11.8 Å². The molecule has 1 aromatic carbocycles. The normalized spacial score (nSPS) is 27.4. The van der Waals surface area contributed by atoms with Gasteiger partial charge in [0, 0.05) is 27.8 Å². The molecular formula is C17H14ClNO2S. The Kier molecular flexibility index (Phi) is 3.39. The van der Waals surface area contributed by atoms with Crippen LogP contribution in [0, 0.1) is 11.8 Å². The molecule has 0 N–H and O–H groups in total. The second kappa shape index (κ2) is 5.28. The molecule has 1 aromatic heterocycles. The van der Waals surface area contributed by atoms with Crippen LogP contribution in [0.5, 0.6) is 0 Å². The van der Waals surface area contributed by atoms with Gasteiger partial charge in [0.15, 0.2) is 11.6 Å². The molecule has 5 heteroatoms. The summed E-state index contributed by atoms with van der Waals surface area (Å²) in [5, 5.41) is 3.36. The molecule has 1 heterocycles. The predicted molar refractivity (Wildman–Crippen MR) is 86.1 cm³/mol. The fraction of sp³-hybridized carbons (Fsp3) is 0.353. The molecule has 0 saturated heterocycles. The van der Waals surface area contributed by atoms with E-state index in [1.54, 1.807) is 0 Å². The number of fused-ring (bicyclic) bond motifs is 2. The number of benzene rings is 1. The number of rotatable bonds is 2. The van der Waals surface area contributed by atoms with E-state index in [1.165, 1.54) is 11.3 Å². The zero-order chi connectivity index (χ0) is 15.3. The zero-order valence-electron chi connectivity index (χ0n) is 11.8. The summed E-state index contributed by atoms with van der Waals surface area (Å²) in [6.07, 6.45) is 2.47. The van der Waals surface area contributed by atoms with Gasteiger partial charge in [0.1, 0.15) is 10.9 Å². The first-order valence-electron chi connectivity index (χ1n) is 7.42. The molecule has 2 unspecified atom stereocenters. The Bertz CT molecular complexity index is 730. The summed E-state index contributed by atoms with van der Waals surface area (Å²) in [7, 11) is 0. The van der Waals surface area contributed by atoms with Crippen LogP contribution in [-0.4, -0.2) is 16.6 Å². The number of nitrogens with zero attached hydrogens (tertiary/aromatic N) is 1. The lowest BCUT2D eigenvalue weighted by molar-refractivity contribution is -0.136. The lowest BCUT2D eigenvalue weighted by Crippen LogP contribution is -2.34. The molecule has 0 aliphatic heterocycles. The molecule has 2 aliphatic carbocycles. The summed E-state index contributed by atoms with van der Waals surface area (Å²) in [4.78, 5) is 29.6. The number of hydrogen-bond donors (Lipinski definition) is 0. The Balaban J connectivity index is 1.67. The SMILES string of the molecule is O=C1C2CCC(C2)C(=O)C1c1csc(-c2ccc(Cl)cc2)n1. The molecule has 2 aromatic rings. The van der Waals surface area contributed by atoms with Gasteiger partial charge in [-0.15, -0.1) is 11.3 Å². The first kappa shape index (κ1) is 14.1. The van der Waals surface area contributed by atoms with Gasteiger partial charge in [0.2, 0.25) is 0 Å². The summed E-state index contributed by atoms with van der Waals surface area (Å²) in [5.41, 5.74) is 1.58. The van der Waals surface area contributed by atoms with Crippen molar-refractivity contribution in [2.45, 2.75) is 25.2 Å². The van der Waals surface area contributed by atoms with E-state index >= 15 is 0 Å². The van der Waals surface area contributed by atoms with E-state index in [2.05, 4.69) is 4.98 Å². The van der Waals surface area contributed by atoms with Gasteiger partial charge in [-0.05, 0) is 31.4 Å². The second-order valence-electron chi connectivity index (χ2n) is 6.03. The molecule has 112 valence electrons. The Morgan fingerprint density at radius 2 is 1.68 bits per heavy atom. The quantitative estimate of drug-likeness (QED) is 0.778. The molecule has 3 nitrogen and oxygen atoms in total. The summed E-state index contributed by atoms with van der Waals surface area (Å²) < 4.78 is 0. The van der Waals surface area contributed by atoms with Crippen LogP contribution < -0.4 is 0 Å². The maximum absolute atomic E-state index is 12.5. The van der Waals surface area contributed by atoms with Crippen molar-refractivity contribution in [3.05, 3.63) is 40.4 Å². The first-order valence-corrected chi connectivity index (χ1v) is 8.68. The van der Waals surface area contributed by atoms with Gasteiger partial charge in [0.05, 0.1) is 5.69 Å². The fourth-order valence-electron chi connectivity index (χ4n) is 3.55. The molecule has 2 fully saturated rings. The van der Waals surface area contributed by atoms with Gasteiger partial charge < -0.3 is 0 Å². The predicted octanol–water partition coefficient (Wildman–Crippen LogP) is 4.12. The maximum Gasteiger partial charge on any atom is 0.152 e. The van der Waals surface area contributed by atoms with Crippen LogP contribution in [0.4, 0.5) is 0 Å². The Hall–Kier alpha value is -1.52. The number of ketones is 2. The van der Waals surface area contributed by atoms with Crippen molar-refractivity contribution < 1.29 is 9.59 Å². The lowest BCUT2D eigenvalue weighted by Gasteiger charge is -2.23. The summed E-state index contributed by atoms with van der Waals surface area (Å²) in [5.74, 6) is -0.358. The number of aromatic nitrogens is 1. The number of Topliss-reactive ketones (excluding diaryl/α,β-unsaturated/α-hetero) is 2. The Labute approximate surface area is 137 Å². The Morgan fingerprint density at radius 1 is 1.05 bits per heavy atom. The highest BCUT2D eigenvalue weighted by Crippen LogP contribution is 2.44. The van der Waals surface area contributed by atoms with Gasteiger partial charge in [-0.2, -0.15) is 0 Å². The second-order valence-corrected chi connectivity index (χ2v) is 7.32. The average Bonchev–Trinajstić information content (AvgIpc) is 3.15. The highest BCUT2D eigenvalue weighted by Gasteiger charge is 2.48. The third kappa shape index (κ3) is 2.22. The lowest BCUT2D eigenvalue weighted by atomic mass is 9.77. The van der Waals surface area contributed by atoms with Crippen molar-refractivity contribution in [1.29, 1.82) is 0 Å². The van der Waals surface area contributed by atoms with Crippen molar-refractivity contribution in [3.8, 4) is 10.6 Å². The van der Waals surface area contributed by atoms with Crippen LogP contribution in [0.25, 0.3) is 10.6 Å². The number of carbonyl (C=O) groups excluding carboxylic acids is 2. The minimum absolute atomic E-state index is 0.0633. The molecule has 22 heavy (non-hydrogen) atoms. The van der Waals surface area contributed by atoms with Crippen LogP contribution in [-0.2, 0) is 9.59 Å². The zero-order valence-corrected chi connectivity index (χ0v) is 13.4.